The second-order valence-electron chi connectivity index (χ2n) is 7.82. The first-order valence-electron chi connectivity index (χ1n) is 10.6. The molecule has 1 N–H and O–H groups in total. The summed E-state index contributed by atoms with van der Waals surface area (Å²) >= 11 is 0. The molecule has 1 unspecified atom stereocenters. The lowest BCUT2D eigenvalue weighted by Gasteiger charge is -2.10. The van der Waals surface area contributed by atoms with Crippen molar-refractivity contribution in [2.75, 3.05) is 7.11 Å². The number of amides is 1. The molecule has 0 spiro atoms. The highest BCUT2D eigenvalue weighted by atomic mass is 16.5. The summed E-state index contributed by atoms with van der Waals surface area (Å²) in [4.78, 5) is 29.4. The summed E-state index contributed by atoms with van der Waals surface area (Å²) in [5, 5.41) is 2.87. The zero-order valence-corrected chi connectivity index (χ0v) is 17.9. The SMILES string of the molecule is CCc1cc(-c2ccc3c(c2)CC(CC(=O)NCc2ccccn2)C3=O)ccc1OC. The number of nitrogens with one attached hydrogen (secondary N) is 1. The van der Waals surface area contributed by atoms with Gasteiger partial charge >= 0.3 is 0 Å². The van der Waals surface area contributed by atoms with Crippen molar-refractivity contribution in [1.82, 2.24) is 10.3 Å². The number of nitrogens with zero attached hydrogens (tertiary/aromatic N) is 1. The van der Waals surface area contributed by atoms with E-state index in [0.717, 1.165) is 45.7 Å². The fourth-order valence-electron chi connectivity index (χ4n) is 4.15. The van der Waals surface area contributed by atoms with E-state index in [1.165, 1.54) is 0 Å². The summed E-state index contributed by atoms with van der Waals surface area (Å²) in [6, 6.07) is 17.7. The number of ether oxygens (including phenoxy) is 1. The minimum Gasteiger partial charge on any atom is -0.496 e. The van der Waals surface area contributed by atoms with Crippen molar-refractivity contribution < 1.29 is 14.3 Å². The summed E-state index contributed by atoms with van der Waals surface area (Å²) in [5.74, 6) is 0.508. The van der Waals surface area contributed by atoms with Crippen LogP contribution in [0.3, 0.4) is 0 Å². The molecule has 4 rings (SSSR count). The van der Waals surface area contributed by atoms with Crippen molar-refractivity contribution in [3.8, 4) is 16.9 Å². The topological polar surface area (TPSA) is 68.3 Å². The molecule has 1 aliphatic carbocycles. The number of fused-ring (bicyclic) bond motifs is 1. The first-order valence-corrected chi connectivity index (χ1v) is 10.6. The van der Waals surface area contributed by atoms with Gasteiger partial charge in [0.1, 0.15) is 5.75 Å². The Morgan fingerprint density at radius 3 is 2.68 bits per heavy atom. The van der Waals surface area contributed by atoms with Crippen molar-refractivity contribution in [1.29, 1.82) is 0 Å². The Kier molecular flexibility index (Phi) is 6.12. The number of ketones is 1. The molecule has 3 aromatic rings. The predicted octanol–water partition coefficient (Wildman–Crippen LogP) is 4.38. The lowest BCUT2D eigenvalue weighted by Crippen LogP contribution is -2.27. The fraction of sp³-hybridized carbons (Fsp3) is 0.269. The van der Waals surface area contributed by atoms with Gasteiger partial charge in [-0.3, -0.25) is 14.6 Å². The molecular formula is C26H26N2O3. The molecule has 0 fully saturated rings. The van der Waals surface area contributed by atoms with E-state index >= 15 is 0 Å². The fourth-order valence-corrected chi connectivity index (χ4v) is 4.15. The van der Waals surface area contributed by atoms with Gasteiger partial charge < -0.3 is 10.1 Å². The Bertz CT molecular complexity index is 1110. The van der Waals surface area contributed by atoms with Crippen LogP contribution in [0.4, 0.5) is 0 Å². The van der Waals surface area contributed by atoms with Crippen LogP contribution in [0.2, 0.25) is 0 Å². The summed E-state index contributed by atoms with van der Waals surface area (Å²) in [6.45, 7) is 2.47. The second kappa shape index (κ2) is 9.13. The minimum absolute atomic E-state index is 0.0542. The molecule has 1 atom stereocenters. The molecule has 158 valence electrons. The van der Waals surface area contributed by atoms with Crippen LogP contribution in [-0.4, -0.2) is 23.8 Å². The quantitative estimate of drug-likeness (QED) is 0.623. The molecule has 1 amide bonds. The molecule has 5 nitrogen and oxygen atoms in total. The van der Waals surface area contributed by atoms with E-state index in [1.807, 2.05) is 42.5 Å². The molecule has 1 aromatic heterocycles. The number of aromatic nitrogens is 1. The van der Waals surface area contributed by atoms with Gasteiger partial charge in [0.15, 0.2) is 5.78 Å². The van der Waals surface area contributed by atoms with E-state index in [-0.39, 0.29) is 24.0 Å². The lowest BCUT2D eigenvalue weighted by atomic mass is 9.98. The van der Waals surface area contributed by atoms with Crippen molar-refractivity contribution in [3.63, 3.8) is 0 Å². The third-order valence-electron chi connectivity index (χ3n) is 5.83. The van der Waals surface area contributed by atoms with Gasteiger partial charge in [0.05, 0.1) is 19.3 Å². The largest absolute Gasteiger partial charge is 0.496 e. The van der Waals surface area contributed by atoms with Crippen LogP contribution >= 0.6 is 0 Å². The average Bonchev–Trinajstić information content (AvgIpc) is 3.12. The monoisotopic (exact) mass is 414 g/mol. The molecule has 5 heteroatoms. The predicted molar refractivity (Wildman–Crippen MR) is 120 cm³/mol. The number of methoxy groups -OCH3 is 1. The number of rotatable bonds is 7. The van der Waals surface area contributed by atoms with Crippen LogP contribution in [-0.2, 0) is 24.2 Å². The summed E-state index contributed by atoms with van der Waals surface area (Å²) in [7, 11) is 1.68. The number of carbonyl (C=O) groups excluding carboxylic acids is 2. The highest BCUT2D eigenvalue weighted by Crippen LogP contribution is 2.34. The Labute approximate surface area is 182 Å². The smallest absolute Gasteiger partial charge is 0.221 e. The Morgan fingerprint density at radius 1 is 1.13 bits per heavy atom. The van der Waals surface area contributed by atoms with Gasteiger partial charge in [-0.1, -0.05) is 37.3 Å². The molecule has 31 heavy (non-hydrogen) atoms. The maximum Gasteiger partial charge on any atom is 0.221 e. The van der Waals surface area contributed by atoms with E-state index in [4.69, 9.17) is 4.74 Å². The number of benzene rings is 2. The van der Waals surface area contributed by atoms with E-state index in [0.29, 0.717) is 13.0 Å². The molecule has 1 aliphatic rings. The van der Waals surface area contributed by atoms with Gasteiger partial charge in [-0.2, -0.15) is 0 Å². The lowest BCUT2D eigenvalue weighted by molar-refractivity contribution is -0.121. The molecular weight excluding hydrogens is 388 g/mol. The Morgan fingerprint density at radius 2 is 1.94 bits per heavy atom. The third kappa shape index (κ3) is 4.50. The normalized spacial score (nSPS) is 14.9. The number of Topliss-reactive ketones (excluding diaryl/α,β-unsaturated/α-hetero) is 1. The van der Waals surface area contributed by atoms with Crippen molar-refractivity contribution in [3.05, 3.63) is 83.2 Å². The van der Waals surface area contributed by atoms with Crippen LogP contribution in [0, 0.1) is 5.92 Å². The first kappa shape index (κ1) is 20.8. The summed E-state index contributed by atoms with van der Waals surface area (Å²) in [5.41, 5.74) is 5.87. The molecule has 0 bridgehead atoms. The maximum atomic E-state index is 12.8. The summed E-state index contributed by atoms with van der Waals surface area (Å²) in [6.07, 6.45) is 3.37. The second-order valence-corrected chi connectivity index (χ2v) is 7.82. The molecule has 0 radical (unpaired) electrons. The first-order chi connectivity index (χ1) is 15.1. The van der Waals surface area contributed by atoms with Crippen LogP contribution in [0.1, 0.15) is 40.5 Å². The number of hydrogen-bond acceptors (Lipinski definition) is 4. The van der Waals surface area contributed by atoms with Crippen LogP contribution in [0.15, 0.2) is 60.8 Å². The van der Waals surface area contributed by atoms with Gasteiger partial charge in [-0.15, -0.1) is 0 Å². The highest BCUT2D eigenvalue weighted by Gasteiger charge is 2.32. The van der Waals surface area contributed by atoms with E-state index in [1.54, 1.807) is 13.3 Å². The Balaban J connectivity index is 1.45. The van der Waals surface area contributed by atoms with Gasteiger partial charge in [0.25, 0.3) is 0 Å². The van der Waals surface area contributed by atoms with E-state index in [9.17, 15) is 9.59 Å². The van der Waals surface area contributed by atoms with Crippen molar-refractivity contribution in [2.24, 2.45) is 5.92 Å². The van der Waals surface area contributed by atoms with Gasteiger partial charge in [-0.05, 0) is 59.4 Å². The maximum absolute atomic E-state index is 12.8. The molecule has 0 saturated heterocycles. The van der Waals surface area contributed by atoms with E-state index in [2.05, 4.69) is 29.4 Å². The Hall–Kier alpha value is -3.47. The molecule has 1 heterocycles. The molecule has 2 aromatic carbocycles. The number of pyridine rings is 1. The molecule has 0 saturated carbocycles. The number of hydrogen-bond donors (Lipinski definition) is 1. The van der Waals surface area contributed by atoms with Gasteiger partial charge in [0, 0.05) is 24.1 Å². The molecule has 0 aliphatic heterocycles. The summed E-state index contributed by atoms with van der Waals surface area (Å²) < 4.78 is 5.43. The third-order valence-corrected chi connectivity index (χ3v) is 5.83. The highest BCUT2D eigenvalue weighted by molar-refractivity contribution is 6.04. The zero-order chi connectivity index (χ0) is 21.8. The van der Waals surface area contributed by atoms with Crippen LogP contribution < -0.4 is 10.1 Å². The van der Waals surface area contributed by atoms with Gasteiger partial charge in [-0.25, -0.2) is 0 Å². The van der Waals surface area contributed by atoms with E-state index < -0.39 is 0 Å². The average molecular weight is 415 g/mol. The number of aryl methyl sites for hydroxylation is 1. The van der Waals surface area contributed by atoms with Crippen LogP contribution in [0.25, 0.3) is 11.1 Å². The van der Waals surface area contributed by atoms with Crippen molar-refractivity contribution >= 4 is 11.7 Å². The zero-order valence-electron chi connectivity index (χ0n) is 17.9. The standard InChI is InChI=1S/C26H26N2O3/c1-3-17-12-19(8-10-24(17)31-2)18-7-9-23-20(13-18)14-21(26(23)30)15-25(29)28-16-22-6-4-5-11-27-22/h4-13,21H,3,14-16H2,1-2H3,(H,28,29). The number of carbonyl (C=O) groups is 2. The van der Waals surface area contributed by atoms with Crippen LogP contribution in [0.5, 0.6) is 5.75 Å². The van der Waals surface area contributed by atoms with Gasteiger partial charge in [0.2, 0.25) is 5.91 Å². The minimum atomic E-state index is -0.309. The van der Waals surface area contributed by atoms with Crippen molar-refractivity contribution in [2.45, 2.75) is 32.7 Å².